The fourth-order valence-electron chi connectivity index (χ4n) is 2.19. The minimum Gasteiger partial charge on any atom is -0.444 e. The molecule has 0 aromatic carbocycles. The van der Waals surface area contributed by atoms with E-state index in [0.29, 0.717) is 30.1 Å². The van der Waals surface area contributed by atoms with Gasteiger partial charge in [0.15, 0.2) is 0 Å². The molecule has 7 heteroatoms. The molecule has 0 saturated carbocycles. The van der Waals surface area contributed by atoms with Crippen molar-refractivity contribution in [2.45, 2.75) is 43.1 Å². The number of amides is 1. The van der Waals surface area contributed by atoms with Gasteiger partial charge >= 0.3 is 6.09 Å². The molecule has 2 atom stereocenters. The number of carbonyl (C=O) groups is 1. The Morgan fingerprint density at radius 2 is 2.27 bits per heavy atom. The Bertz CT molecular complexity index is 634. The minimum absolute atomic E-state index is 0.227. The van der Waals surface area contributed by atoms with Gasteiger partial charge in [-0.05, 0) is 39.3 Å². The largest absolute Gasteiger partial charge is 0.444 e. The van der Waals surface area contributed by atoms with E-state index in [2.05, 4.69) is 4.98 Å². The molecule has 1 amide bonds. The fraction of sp³-hybridized carbons (Fsp3) is 0.533. The Kier molecular flexibility index (Phi) is 4.81. The molecule has 1 aromatic heterocycles. The lowest BCUT2D eigenvalue weighted by molar-refractivity contribution is 0.0295. The molecule has 0 radical (unpaired) electrons. The number of ether oxygens (including phenoxy) is 1. The number of pyridine rings is 1. The molecule has 2 heterocycles. The molecule has 2 rings (SSSR count). The van der Waals surface area contributed by atoms with Gasteiger partial charge in [0, 0.05) is 19.3 Å². The van der Waals surface area contributed by atoms with Crippen LogP contribution in [0.1, 0.15) is 32.8 Å². The van der Waals surface area contributed by atoms with E-state index < -0.39 is 22.5 Å². The third kappa shape index (κ3) is 3.83. The maximum atomic E-state index is 12.6. The van der Waals surface area contributed by atoms with Crippen LogP contribution in [0.5, 0.6) is 0 Å². The van der Waals surface area contributed by atoms with Gasteiger partial charge in [0.05, 0.1) is 21.6 Å². The van der Waals surface area contributed by atoms with E-state index in [1.165, 1.54) is 6.20 Å². The predicted octanol–water partition coefficient (Wildman–Crippen LogP) is 2.07. The van der Waals surface area contributed by atoms with Gasteiger partial charge in [0.2, 0.25) is 0 Å². The van der Waals surface area contributed by atoms with E-state index in [0.717, 1.165) is 0 Å². The molecular formula is C15H19N3O3S. The van der Waals surface area contributed by atoms with Crippen molar-refractivity contribution in [3.8, 4) is 6.07 Å². The number of hydrogen-bond donors (Lipinski definition) is 0. The molecule has 1 aliphatic heterocycles. The molecule has 1 fully saturated rings. The van der Waals surface area contributed by atoms with Crippen molar-refractivity contribution < 1.29 is 13.7 Å². The summed E-state index contributed by atoms with van der Waals surface area (Å²) in [6.07, 6.45) is 1.73. The molecule has 6 nitrogen and oxygen atoms in total. The van der Waals surface area contributed by atoms with E-state index in [9.17, 15) is 9.00 Å². The first-order chi connectivity index (χ1) is 10.3. The van der Waals surface area contributed by atoms with E-state index in [1.807, 2.05) is 26.8 Å². The van der Waals surface area contributed by atoms with Gasteiger partial charge in [0.1, 0.15) is 16.7 Å². The molecule has 0 bridgehead atoms. The average Bonchev–Trinajstić information content (AvgIpc) is 2.94. The summed E-state index contributed by atoms with van der Waals surface area (Å²) in [5, 5.41) is 9.13. The van der Waals surface area contributed by atoms with Gasteiger partial charge in [-0.3, -0.25) is 4.21 Å². The normalized spacial score (nSPS) is 19.5. The quantitative estimate of drug-likeness (QED) is 0.832. The summed E-state index contributed by atoms with van der Waals surface area (Å²) in [6, 6.07) is 5.24. The average molecular weight is 321 g/mol. The molecule has 118 valence electrons. The number of carbonyl (C=O) groups excluding carboxylic acids is 1. The molecular weight excluding hydrogens is 302 g/mol. The highest BCUT2D eigenvalue weighted by atomic mass is 32.2. The third-order valence-electron chi connectivity index (χ3n) is 3.18. The molecule has 1 saturated heterocycles. The molecule has 1 aromatic rings. The third-order valence-corrected chi connectivity index (χ3v) is 4.88. The van der Waals surface area contributed by atoms with Crippen LogP contribution in [0.25, 0.3) is 0 Å². The van der Waals surface area contributed by atoms with Gasteiger partial charge in [0.25, 0.3) is 0 Å². The van der Waals surface area contributed by atoms with Gasteiger partial charge in [-0.1, -0.05) is 0 Å². The number of aromatic nitrogens is 1. The van der Waals surface area contributed by atoms with Crippen LogP contribution < -0.4 is 0 Å². The van der Waals surface area contributed by atoms with Crippen molar-refractivity contribution in [1.29, 1.82) is 5.26 Å². The van der Waals surface area contributed by atoms with Crippen LogP contribution in [0.4, 0.5) is 4.79 Å². The van der Waals surface area contributed by atoms with Crippen LogP contribution in [0.15, 0.2) is 23.4 Å². The zero-order chi connectivity index (χ0) is 16.3. The summed E-state index contributed by atoms with van der Waals surface area (Å²) < 4.78 is 17.9. The summed E-state index contributed by atoms with van der Waals surface area (Å²) in [5.74, 6) is 0. The summed E-state index contributed by atoms with van der Waals surface area (Å²) in [5.41, 5.74) is -0.236. The molecule has 0 N–H and O–H groups in total. The lowest BCUT2D eigenvalue weighted by Crippen LogP contribution is -2.36. The van der Waals surface area contributed by atoms with Gasteiger partial charge in [-0.2, -0.15) is 5.26 Å². The minimum atomic E-state index is -1.41. The fourth-order valence-corrected chi connectivity index (χ4v) is 3.64. The van der Waals surface area contributed by atoms with Crippen LogP contribution in [0.3, 0.4) is 0 Å². The predicted molar refractivity (Wildman–Crippen MR) is 81.6 cm³/mol. The summed E-state index contributed by atoms with van der Waals surface area (Å²) in [7, 11) is -1.41. The lowest BCUT2D eigenvalue weighted by Gasteiger charge is -2.24. The number of likely N-dealkylation sites (tertiary alicyclic amines) is 1. The highest BCUT2D eigenvalue weighted by Gasteiger charge is 2.34. The van der Waals surface area contributed by atoms with Gasteiger partial charge in [-0.25, -0.2) is 9.78 Å². The summed E-state index contributed by atoms with van der Waals surface area (Å²) >= 11 is 0. The molecule has 1 aliphatic rings. The van der Waals surface area contributed by atoms with E-state index in [-0.39, 0.29) is 5.25 Å². The number of nitrogens with zero attached hydrogens (tertiary/aromatic N) is 3. The second kappa shape index (κ2) is 6.44. The maximum absolute atomic E-state index is 12.6. The van der Waals surface area contributed by atoms with Gasteiger partial charge < -0.3 is 9.64 Å². The van der Waals surface area contributed by atoms with Crippen molar-refractivity contribution in [1.82, 2.24) is 9.88 Å². The standard InChI is InChI=1S/C15H19N3O3S/c1-15(2,3)21-14(19)18-8-6-12(10-18)22(20)13-11(9-16)5-4-7-17-13/h4-5,7,12H,6,8,10H2,1-3H3/t12-,22?/m1/s1. The summed E-state index contributed by atoms with van der Waals surface area (Å²) in [6.45, 7) is 6.28. The highest BCUT2D eigenvalue weighted by molar-refractivity contribution is 7.85. The molecule has 22 heavy (non-hydrogen) atoms. The maximum Gasteiger partial charge on any atom is 0.410 e. The second-order valence-corrected chi connectivity index (χ2v) is 7.75. The Labute approximate surface area is 132 Å². The van der Waals surface area contributed by atoms with E-state index >= 15 is 0 Å². The first kappa shape index (κ1) is 16.4. The van der Waals surface area contributed by atoms with Crippen LogP contribution >= 0.6 is 0 Å². The molecule has 0 aliphatic carbocycles. The van der Waals surface area contributed by atoms with Crippen LogP contribution in [-0.4, -0.2) is 44.1 Å². The van der Waals surface area contributed by atoms with Gasteiger partial charge in [-0.15, -0.1) is 0 Å². The van der Waals surface area contributed by atoms with Crippen LogP contribution in [0, 0.1) is 11.3 Å². The highest BCUT2D eigenvalue weighted by Crippen LogP contribution is 2.22. The number of nitriles is 1. The topological polar surface area (TPSA) is 83.3 Å². The van der Waals surface area contributed by atoms with Crippen LogP contribution in [0.2, 0.25) is 0 Å². The van der Waals surface area contributed by atoms with Crippen molar-refractivity contribution in [2.24, 2.45) is 0 Å². The Morgan fingerprint density at radius 3 is 2.91 bits per heavy atom. The smallest absolute Gasteiger partial charge is 0.410 e. The first-order valence-corrected chi connectivity index (χ1v) is 8.27. The van der Waals surface area contributed by atoms with Crippen molar-refractivity contribution in [3.05, 3.63) is 23.9 Å². The van der Waals surface area contributed by atoms with Crippen molar-refractivity contribution in [3.63, 3.8) is 0 Å². The Morgan fingerprint density at radius 1 is 1.55 bits per heavy atom. The monoisotopic (exact) mass is 321 g/mol. The van der Waals surface area contributed by atoms with Crippen molar-refractivity contribution >= 4 is 16.9 Å². The SMILES string of the molecule is CC(C)(C)OC(=O)N1CC[C@@H](S(=O)c2ncccc2C#N)C1. The van der Waals surface area contributed by atoms with E-state index in [1.54, 1.807) is 17.0 Å². The van der Waals surface area contributed by atoms with Crippen molar-refractivity contribution in [2.75, 3.05) is 13.1 Å². The Balaban J connectivity index is 2.06. The zero-order valence-corrected chi connectivity index (χ0v) is 13.7. The van der Waals surface area contributed by atoms with Crippen LogP contribution in [-0.2, 0) is 15.5 Å². The second-order valence-electron chi connectivity index (χ2n) is 6.10. The van der Waals surface area contributed by atoms with E-state index in [4.69, 9.17) is 10.00 Å². The molecule has 1 unspecified atom stereocenters. The first-order valence-electron chi connectivity index (χ1n) is 7.05. The molecule has 0 spiro atoms. The number of hydrogen-bond acceptors (Lipinski definition) is 5. The zero-order valence-electron chi connectivity index (χ0n) is 12.9. The number of rotatable bonds is 2. The Hall–Kier alpha value is -1.94. The lowest BCUT2D eigenvalue weighted by atomic mass is 10.2. The summed E-state index contributed by atoms with van der Waals surface area (Å²) in [4.78, 5) is 17.6.